The van der Waals surface area contributed by atoms with E-state index in [0.29, 0.717) is 0 Å². The van der Waals surface area contributed by atoms with E-state index in [4.69, 9.17) is 5.73 Å². The van der Waals surface area contributed by atoms with Gasteiger partial charge in [0.15, 0.2) is 0 Å². The Kier molecular flexibility index (Phi) is 4.71. The molecule has 1 heterocycles. The van der Waals surface area contributed by atoms with Crippen molar-refractivity contribution in [1.82, 2.24) is 20.3 Å². The molecule has 6 heteroatoms. The van der Waals surface area contributed by atoms with Crippen LogP contribution in [-0.4, -0.2) is 33.0 Å². The van der Waals surface area contributed by atoms with Gasteiger partial charge in [0.25, 0.3) is 0 Å². The maximum Gasteiger partial charge on any atom is 0.226 e. The van der Waals surface area contributed by atoms with Gasteiger partial charge < -0.3 is 11.1 Å². The summed E-state index contributed by atoms with van der Waals surface area (Å²) in [6, 6.07) is 10.3. The number of amides is 1. The summed E-state index contributed by atoms with van der Waals surface area (Å²) in [5.41, 5.74) is 8.47. The SMILES string of the molecule is Cc1c(CC(=O)NC2CCC(N)CC2)nnn1-c1ccccc1. The van der Waals surface area contributed by atoms with Crippen molar-refractivity contribution in [2.45, 2.75) is 51.1 Å². The monoisotopic (exact) mass is 313 g/mol. The average Bonchev–Trinajstić information content (AvgIpc) is 2.91. The maximum atomic E-state index is 12.2. The molecule has 2 aromatic rings. The van der Waals surface area contributed by atoms with Crippen LogP contribution in [0.15, 0.2) is 30.3 Å². The van der Waals surface area contributed by atoms with Crippen molar-refractivity contribution in [3.63, 3.8) is 0 Å². The Balaban J connectivity index is 1.62. The van der Waals surface area contributed by atoms with E-state index in [9.17, 15) is 4.79 Å². The number of nitrogens with zero attached hydrogens (tertiary/aromatic N) is 3. The third-order valence-electron chi connectivity index (χ3n) is 4.46. The lowest BCUT2D eigenvalue weighted by atomic mass is 9.92. The normalized spacial score (nSPS) is 21.1. The number of para-hydroxylation sites is 1. The molecule has 0 aliphatic heterocycles. The van der Waals surface area contributed by atoms with Gasteiger partial charge in [0.2, 0.25) is 5.91 Å². The first-order valence-electron chi connectivity index (χ1n) is 8.15. The molecule has 1 fully saturated rings. The summed E-state index contributed by atoms with van der Waals surface area (Å²) >= 11 is 0. The summed E-state index contributed by atoms with van der Waals surface area (Å²) in [5, 5.41) is 11.4. The molecule has 0 atom stereocenters. The van der Waals surface area contributed by atoms with E-state index in [0.717, 1.165) is 42.8 Å². The largest absolute Gasteiger partial charge is 0.353 e. The molecule has 1 saturated carbocycles. The summed E-state index contributed by atoms with van der Waals surface area (Å²) in [6.07, 6.45) is 4.15. The van der Waals surface area contributed by atoms with Gasteiger partial charge in [-0.3, -0.25) is 4.79 Å². The Hall–Kier alpha value is -2.21. The molecule has 1 aliphatic carbocycles. The van der Waals surface area contributed by atoms with E-state index in [1.165, 1.54) is 0 Å². The van der Waals surface area contributed by atoms with E-state index in [-0.39, 0.29) is 24.4 Å². The second kappa shape index (κ2) is 6.91. The van der Waals surface area contributed by atoms with Crippen molar-refractivity contribution < 1.29 is 4.79 Å². The zero-order chi connectivity index (χ0) is 16.2. The molecular weight excluding hydrogens is 290 g/mol. The van der Waals surface area contributed by atoms with Crippen LogP contribution in [-0.2, 0) is 11.2 Å². The molecule has 0 unspecified atom stereocenters. The van der Waals surface area contributed by atoms with Crippen molar-refractivity contribution >= 4 is 5.91 Å². The Morgan fingerprint density at radius 3 is 2.65 bits per heavy atom. The lowest BCUT2D eigenvalue weighted by Crippen LogP contribution is -2.41. The molecule has 3 N–H and O–H groups in total. The minimum Gasteiger partial charge on any atom is -0.353 e. The smallest absolute Gasteiger partial charge is 0.226 e. The molecule has 122 valence electrons. The van der Waals surface area contributed by atoms with Crippen molar-refractivity contribution in [3.05, 3.63) is 41.7 Å². The topological polar surface area (TPSA) is 85.8 Å². The van der Waals surface area contributed by atoms with Gasteiger partial charge in [0.1, 0.15) is 0 Å². The summed E-state index contributed by atoms with van der Waals surface area (Å²) in [7, 11) is 0. The summed E-state index contributed by atoms with van der Waals surface area (Å²) in [5.74, 6) is 0.00804. The van der Waals surface area contributed by atoms with Crippen LogP contribution in [0.5, 0.6) is 0 Å². The van der Waals surface area contributed by atoms with Gasteiger partial charge in [-0.25, -0.2) is 4.68 Å². The molecule has 1 amide bonds. The van der Waals surface area contributed by atoms with Crippen LogP contribution in [0, 0.1) is 6.92 Å². The van der Waals surface area contributed by atoms with Crippen molar-refractivity contribution in [2.24, 2.45) is 5.73 Å². The van der Waals surface area contributed by atoms with E-state index in [2.05, 4.69) is 15.6 Å². The first-order chi connectivity index (χ1) is 11.1. The number of aromatic nitrogens is 3. The molecule has 3 rings (SSSR count). The predicted octanol–water partition coefficient (Wildman–Crippen LogP) is 1.50. The Morgan fingerprint density at radius 2 is 1.96 bits per heavy atom. The van der Waals surface area contributed by atoms with Crippen LogP contribution in [0.1, 0.15) is 37.1 Å². The van der Waals surface area contributed by atoms with Crippen molar-refractivity contribution in [1.29, 1.82) is 0 Å². The summed E-state index contributed by atoms with van der Waals surface area (Å²) < 4.78 is 1.77. The number of benzene rings is 1. The zero-order valence-electron chi connectivity index (χ0n) is 13.4. The van der Waals surface area contributed by atoms with Crippen LogP contribution in [0.2, 0.25) is 0 Å². The fourth-order valence-corrected chi connectivity index (χ4v) is 3.03. The number of hydrogen-bond acceptors (Lipinski definition) is 4. The fourth-order valence-electron chi connectivity index (χ4n) is 3.03. The van der Waals surface area contributed by atoms with E-state index >= 15 is 0 Å². The first-order valence-corrected chi connectivity index (χ1v) is 8.15. The molecule has 23 heavy (non-hydrogen) atoms. The van der Waals surface area contributed by atoms with Gasteiger partial charge in [-0.05, 0) is 44.7 Å². The Bertz CT molecular complexity index is 659. The molecule has 0 bridgehead atoms. The number of nitrogens with one attached hydrogen (secondary N) is 1. The number of carbonyl (C=O) groups is 1. The van der Waals surface area contributed by atoms with E-state index < -0.39 is 0 Å². The number of nitrogens with two attached hydrogens (primary N) is 1. The van der Waals surface area contributed by atoms with Gasteiger partial charge in [0, 0.05) is 12.1 Å². The van der Waals surface area contributed by atoms with Gasteiger partial charge in [-0.2, -0.15) is 0 Å². The number of hydrogen-bond donors (Lipinski definition) is 2. The average molecular weight is 313 g/mol. The van der Waals surface area contributed by atoms with E-state index in [1.807, 2.05) is 37.3 Å². The van der Waals surface area contributed by atoms with Gasteiger partial charge >= 0.3 is 0 Å². The van der Waals surface area contributed by atoms with Crippen LogP contribution in [0.4, 0.5) is 0 Å². The number of carbonyl (C=O) groups excluding carboxylic acids is 1. The molecule has 1 aliphatic rings. The molecule has 1 aromatic carbocycles. The lowest BCUT2D eigenvalue weighted by Gasteiger charge is -2.26. The molecule has 0 spiro atoms. The maximum absolute atomic E-state index is 12.2. The zero-order valence-corrected chi connectivity index (χ0v) is 13.4. The third kappa shape index (κ3) is 3.76. The number of rotatable bonds is 4. The highest BCUT2D eigenvalue weighted by Crippen LogP contribution is 2.17. The van der Waals surface area contributed by atoms with Crippen LogP contribution in [0.3, 0.4) is 0 Å². The minimum atomic E-state index is 0.00804. The predicted molar refractivity (Wildman–Crippen MR) is 88.2 cm³/mol. The molecule has 1 aromatic heterocycles. The molecule has 0 saturated heterocycles. The van der Waals surface area contributed by atoms with E-state index in [1.54, 1.807) is 4.68 Å². The second-order valence-corrected chi connectivity index (χ2v) is 6.22. The highest BCUT2D eigenvalue weighted by molar-refractivity contribution is 5.78. The Morgan fingerprint density at radius 1 is 1.26 bits per heavy atom. The first kappa shape index (κ1) is 15.7. The standard InChI is InChI=1S/C17H23N5O/c1-12-16(20-21-22(12)15-5-3-2-4-6-15)11-17(23)19-14-9-7-13(18)8-10-14/h2-6,13-14H,7-11,18H2,1H3,(H,19,23). The van der Waals surface area contributed by atoms with Crippen LogP contribution < -0.4 is 11.1 Å². The van der Waals surface area contributed by atoms with Crippen molar-refractivity contribution in [2.75, 3.05) is 0 Å². The molecular formula is C17H23N5O. The second-order valence-electron chi connectivity index (χ2n) is 6.22. The van der Waals surface area contributed by atoms with Crippen LogP contribution >= 0.6 is 0 Å². The highest BCUT2D eigenvalue weighted by atomic mass is 16.1. The van der Waals surface area contributed by atoms with Crippen LogP contribution in [0.25, 0.3) is 5.69 Å². The minimum absolute atomic E-state index is 0.00804. The lowest BCUT2D eigenvalue weighted by molar-refractivity contribution is -0.121. The van der Waals surface area contributed by atoms with Gasteiger partial charge in [-0.15, -0.1) is 5.10 Å². The molecule has 6 nitrogen and oxygen atoms in total. The van der Waals surface area contributed by atoms with Gasteiger partial charge in [-0.1, -0.05) is 23.4 Å². The Labute approximate surface area is 136 Å². The van der Waals surface area contributed by atoms with Crippen molar-refractivity contribution in [3.8, 4) is 5.69 Å². The molecule has 0 radical (unpaired) electrons. The summed E-state index contributed by atoms with van der Waals surface area (Å²) in [6.45, 7) is 1.94. The fraction of sp³-hybridized carbons (Fsp3) is 0.471. The highest BCUT2D eigenvalue weighted by Gasteiger charge is 2.21. The quantitative estimate of drug-likeness (QED) is 0.896. The summed E-state index contributed by atoms with van der Waals surface area (Å²) in [4.78, 5) is 12.2. The third-order valence-corrected chi connectivity index (χ3v) is 4.46. The van der Waals surface area contributed by atoms with Gasteiger partial charge in [0.05, 0.1) is 23.5 Å².